The summed E-state index contributed by atoms with van der Waals surface area (Å²) in [6.07, 6.45) is -3.39. The monoisotopic (exact) mass is 605 g/mol. The number of nitro benzene ring substituents is 1. The maximum absolute atomic E-state index is 15.4. The summed E-state index contributed by atoms with van der Waals surface area (Å²) in [5.41, 5.74) is -6.53. The predicted molar refractivity (Wildman–Crippen MR) is 146 cm³/mol. The molecule has 0 spiro atoms. The van der Waals surface area contributed by atoms with Gasteiger partial charge < -0.3 is 14.6 Å². The molecule has 1 unspecified atom stereocenters. The second-order valence-corrected chi connectivity index (χ2v) is 14.8. The zero-order valence-corrected chi connectivity index (χ0v) is 25.2. The fourth-order valence-electron chi connectivity index (χ4n) is 4.37. The number of non-ortho nitro benzene ring substituents is 1. The molecule has 0 radical (unpaired) electrons. The van der Waals surface area contributed by atoms with Gasteiger partial charge in [0.25, 0.3) is 5.69 Å². The van der Waals surface area contributed by atoms with E-state index in [1.54, 1.807) is 0 Å². The number of nitrogens with zero attached hydrogens (tertiary/aromatic N) is 3. The van der Waals surface area contributed by atoms with Crippen molar-refractivity contribution in [3.05, 3.63) is 39.7 Å². The Hall–Kier alpha value is -3.20. The van der Waals surface area contributed by atoms with Gasteiger partial charge in [0.05, 0.1) is 10.2 Å². The molecule has 12 nitrogen and oxygen atoms in total. The minimum atomic E-state index is -4.72. The average Bonchev–Trinajstić information content (AvgIpc) is 2.79. The summed E-state index contributed by atoms with van der Waals surface area (Å²) in [7, 11) is -4.72. The smallest absolute Gasteiger partial charge is 0.425 e. The third kappa shape index (κ3) is 6.83. The van der Waals surface area contributed by atoms with Crippen LogP contribution in [0.1, 0.15) is 73.8 Å². The molecule has 0 bridgehead atoms. The number of carbonyl (C=O) groups excluding carboxylic acids is 2. The Bertz CT molecular complexity index is 1310. The third-order valence-electron chi connectivity index (χ3n) is 6.28. The number of aliphatic hydroxyl groups excluding tert-OH is 1. The van der Waals surface area contributed by atoms with Crippen LogP contribution in [0.25, 0.3) is 0 Å². The SMILES string of the molecule is CC(C)(C)OC(=O)N(C(=O)OC(C)(C)C)C1=N[C@](CF)(c2cc([N+](=O)[O-])ccc2F)C(CCCO)S(=O)(=O)C1(C)C. The van der Waals surface area contributed by atoms with Gasteiger partial charge in [-0.2, -0.15) is 4.90 Å². The van der Waals surface area contributed by atoms with Crippen LogP contribution < -0.4 is 0 Å². The van der Waals surface area contributed by atoms with E-state index in [2.05, 4.69) is 4.99 Å². The maximum Gasteiger partial charge on any atom is 0.425 e. The topological polar surface area (TPSA) is 166 Å². The third-order valence-corrected chi connectivity index (χ3v) is 9.26. The summed E-state index contributed by atoms with van der Waals surface area (Å²) in [5, 5.41) is 19.1. The lowest BCUT2D eigenvalue weighted by Gasteiger charge is -2.47. The van der Waals surface area contributed by atoms with Crippen molar-refractivity contribution in [3.63, 3.8) is 0 Å². The molecule has 0 fully saturated rings. The zero-order chi connectivity index (χ0) is 31.8. The number of imide groups is 1. The normalized spacial score (nSPS) is 21.9. The molecule has 0 saturated heterocycles. The van der Waals surface area contributed by atoms with Gasteiger partial charge in [0.2, 0.25) is 0 Å². The second-order valence-electron chi connectivity index (χ2n) is 12.1. The van der Waals surface area contributed by atoms with Crippen LogP contribution in [0.2, 0.25) is 0 Å². The summed E-state index contributed by atoms with van der Waals surface area (Å²) >= 11 is 0. The highest BCUT2D eigenvalue weighted by Crippen LogP contribution is 2.47. The lowest BCUT2D eigenvalue weighted by atomic mass is 9.84. The highest BCUT2D eigenvalue weighted by molar-refractivity contribution is 7.94. The Morgan fingerprint density at radius 3 is 2.05 bits per heavy atom. The van der Waals surface area contributed by atoms with Gasteiger partial charge in [-0.15, -0.1) is 0 Å². The van der Waals surface area contributed by atoms with Crippen molar-refractivity contribution in [2.45, 2.75) is 95.0 Å². The first kappa shape index (κ1) is 34.0. The minimum absolute atomic E-state index is 0.176. The summed E-state index contributed by atoms with van der Waals surface area (Å²) in [6, 6.07) is 2.16. The predicted octanol–water partition coefficient (Wildman–Crippen LogP) is 4.82. The van der Waals surface area contributed by atoms with Gasteiger partial charge >= 0.3 is 12.2 Å². The number of aliphatic hydroxyl groups is 1. The van der Waals surface area contributed by atoms with E-state index in [1.807, 2.05) is 0 Å². The molecule has 1 aliphatic heterocycles. The number of nitro groups is 1. The van der Waals surface area contributed by atoms with E-state index in [1.165, 1.54) is 41.5 Å². The first-order chi connectivity index (χ1) is 18.6. The molecule has 2 rings (SSSR count). The number of halogens is 2. The highest BCUT2D eigenvalue weighted by atomic mass is 32.2. The molecule has 1 N–H and O–H groups in total. The molecule has 0 aromatic heterocycles. The van der Waals surface area contributed by atoms with Gasteiger partial charge in [0.1, 0.15) is 39.8 Å². The molecule has 0 aliphatic carbocycles. The van der Waals surface area contributed by atoms with Crippen molar-refractivity contribution in [3.8, 4) is 0 Å². The molecule has 1 aromatic rings. The van der Waals surface area contributed by atoms with Gasteiger partial charge in [0, 0.05) is 24.3 Å². The summed E-state index contributed by atoms with van der Waals surface area (Å²) in [5.74, 6) is -2.04. The van der Waals surface area contributed by atoms with Crippen molar-refractivity contribution < 1.29 is 46.3 Å². The Morgan fingerprint density at radius 2 is 1.63 bits per heavy atom. The molecule has 0 saturated carbocycles. The van der Waals surface area contributed by atoms with E-state index in [0.717, 1.165) is 19.9 Å². The molecule has 2 atom stereocenters. The van der Waals surface area contributed by atoms with Crippen molar-refractivity contribution >= 4 is 33.5 Å². The number of rotatable bonds is 6. The van der Waals surface area contributed by atoms with Crippen LogP contribution >= 0.6 is 0 Å². The first-order valence-corrected chi connectivity index (χ1v) is 14.3. The minimum Gasteiger partial charge on any atom is -0.443 e. The molecule has 1 aromatic carbocycles. The Labute approximate surface area is 237 Å². The Kier molecular flexibility index (Phi) is 9.61. The van der Waals surface area contributed by atoms with Gasteiger partial charge in [-0.25, -0.2) is 26.8 Å². The number of amides is 2. The number of carbonyl (C=O) groups is 2. The molecule has 1 heterocycles. The van der Waals surface area contributed by atoms with E-state index in [0.29, 0.717) is 12.1 Å². The van der Waals surface area contributed by atoms with Gasteiger partial charge in [-0.3, -0.25) is 15.1 Å². The number of aliphatic imine (C=N–C) groups is 1. The second kappa shape index (κ2) is 11.6. The standard InChI is InChI=1S/C26H37F2N3O9S/c1-23(2,3)39-21(33)30(22(34)40-24(4,5)6)20-25(7,8)41(37,38)19(10-9-13-32)26(15-27,29-20)17-14-16(31(35)36)11-12-18(17)28/h11-12,14,19,32H,9-10,13,15H2,1-8H3/t19?,26-/m1/s1. The lowest BCUT2D eigenvalue weighted by Crippen LogP contribution is -2.65. The van der Waals surface area contributed by atoms with Crippen molar-refractivity contribution in [1.29, 1.82) is 0 Å². The fourth-order valence-corrected chi connectivity index (χ4v) is 6.70. The maximum atomic E-state index is 15.4. The first-order valence-electron chi connectivity index (χ1n) is 12.8. The van der Waals surface area contributed by atoms with E-state index in [4.69, 9.17) is 9.47 Å². The molecule has 41 heavy (non-hydrogen) atoms. The van der Waals surface area contributed by atoms with Crippen LogP contribution in [0.15, 0.2) is 23.2 Å². The van der Waals surface area contributed by atoms with Crippen molar-refractivity contribution in [2.75, 3.05) is 13.3 Å². The molecule has 1 aliphatic rings. The number of benzene rings is 1. The molecular formula is C26H37F2N3O9S. The summed E-state index contributed by atoms with van der Waals surface area (Å²) in [4.78, 5) is 42.0. The van der Waals surface area contributed by atoms with E-state index < -0.39 is 96.3 Å². The Morgan fingerprint density at radius 1 is 1.12 bits per heavy atom. The quantitative estimate of drug-likeness (QED) is 0.353. The van der Waals surface area contributed by atoms with Crippen LogP contribution in [0.4, 0.5) is 24.1 Å². The summed E-state index contributed by atoms with van der Waals surface area (Å²) in [6.45, 7) is 8.95. The van der Waals surface area contributed by atoms with Crippen molar-refractivity contribution in [1.82, 2.24) is 4.90 Å². The van der Waals surface area contributed by atoms with Crippen LogP contribution in [0.5, 0.6) is 0 Å². The van der Waals surface area contributed by atoms with E-state index in [-0.39, 0.29) is 11.3 Å². The highest BCUT2D eigenvalue weighted by Gasteiger charge is 2.62. The molecule has 230 valence electrons. The van der Waals surface area contributed by atoms with Gasteiger partial charge in [-0.05, 0) is 74.3 Å². The van der Waals surface area contributed by atoms with E-state index >= 15 is 8.78 Å². The number of amidine groups is 1. The van der Waals surface area contributed by atoms with Crippen LogP contribution in [-0.4, -0.2) is 75.9 Å². The number of alkyl halides is 1. The summed E-state index contributed by atoms with van der Waals surface area (Å²) < 4.78 is 67.7. The average molecular weight is 606 g/mol. The lowest BCUT2D eigenvalue weighted by molar-refractivity contribution is -0.385. The largest absolute Gasteiger partial charge is 0.443 e. The van der Waals surface area contributed by atoms with Crippen LogP contribution in [-0.2, 0) is 24.8 Å². The van der Waals surface area contributed by atoms with E-state index in [9.17, 15) is 33.2 Å². The van der Waals surface area contributed by atoms with Gasteiger partial charge in [-0.1, -0.05) is 0 Å². The number of hydrogen-bond acceptors (Lipinski definition) is 10. The van der Waals surface area contributed by atoms with Gasteiger partial charge in [0.15, 0.2) is 9.84 Å². The molecular weight excluding hydrogens is 568 g/mol. The fraction of sp³-hybridized carbons (Fsp3) is 0.654. The Balaban J connectivity index is 3.10. The van der Waals surface area contributed by atoms with Crippen molar-refractivity contribution in [2.24, 2.45) is 4.99 Å². The molecule has 2 amide bonds. The molecule has 15 heteroatoms. The zero-order valence-electron chi connectivity index (χ0n) is 24.4. The number of sulfone groups is 1. The van der Waals surface area contributed by atoms with Crippen LogP contribution in [0.3, 0.4) is 0 Å². The number of hydrogen-bond donors (Lipinski definition) is 1. The van der Waals surface area contributed by atoms with Crippen LogP contribution in [0, 0.1) is 15.9 Å². The number of ether oxygens (including phenoxy) is 2.